The molecule has 0 aromatic heterocycles. The molecule has 0 amide bonds. The van der Waals surface area contributed by atoms with Gasteiger partial charge in [0, 0.05) is 12.1 Å². The Labute approximate surface area is 101 Å². The molecule has 3 nitrogen and oxygen atoms in total. The van der Waals surface area contributed by atoms with Crippen molar-refractivity contribution in [2.45, 2.75) is 44.7 Å². The first-order valence-corrected chi connectivity index (χ1v) is 6.68. The molecular formula is C13H29N3. The van der Waals surface area contributed by atoms with Crippen LogP contribution >= 0.6 is 0 Å². The van der Waals surface area contributed by atoms with Gasteiger partial charge in [0.1, 0.15) is 0 Å². The maximum absolute atomic E-state index is 3.70. The van der Waals surface area contributed by atoms with Crippen LogP contribution in [0.3, 0.4) is 0 Å². The van der Waals surface area contributed by atoms with Crippen molar-refractivity contribution in [1.82, 2.24) is 15.1 Å². The minimum atomic E-state index is 0.744. The van der Waals surface area contributed by atoms with Gasteiger partial charge in [-0.2, -0.15) is 0 Å². The lowest BCUT2D eigenvalue weighted by molar-refractivity contribution is 0.168. The number of nitrogens with zero attached hydrogens (tertiary/aromatic N) is 2. The van der Waals surface area contributed by atoms with Gasteiger partial charge in [0.25, 0.3) is 0 Å². The zero-order valence-corrected chi connectivity index (χ0v) is 11.5. The number of rotatable bonds is 6. The van der Waals surface area contributed by atoms with Gasteiger partial charge in [0.05, 0.1) is 0 Å². The number of hydrogen-bond acceptors (Lipinski definition) is 3. The minimum absolute atomic E-state index is 0.744. The van der Waals surface area contributed by atoms with Gasteiger partial charge in [-0.15, -0.1) is 0 Å². The van der Waals surface area contributed by atoms with Gasteiger partial charge < -0.3 is 15.1 Å². The van der Waals surface area contributed by atoms with Crippen molar-refractivity contribution in [3.63, 3.8) is 0 Å². The van der Waals surface area contributed by atoms with E-state index in [4.69, 9.17) is 0 Å². The number of likely N-dealkylation sites (tertiary alicyclic amines) is 1. The lowest BCUT2D eigenvalue weighted by Crippen LogP contribution is -2.45. The first kappa shape index (κ1) is 13.9. The van der Waals surface area contributed by atoms with Gasteiger partial charge in [-0.05, 0) is 73.4 Å². The van der Waals surface area contributed by atoms with Gasteiger partial charge in [0.15, 0.2) is 0 Å². The molecule has 0 spiro atoms. The van der Waals surface area contributed by atoms with Crippen LogP contribution < -0.4 is 5.32 Å². The minimum Gasteiger partial charge on any atom is -0.314 e. The summed E-state index contributed by atoms with van der Waals surface area (Å²) in [5, 5.41) is 3.70. The van der Waals surface area contributed by atoms with Crippen LogP contribution in [0.15, 0.2) is 0 Å². The molecule has 0 bridgehead atoms. The summed E-state index contributed by atoms with van der Waals surface area (Å²) in [4.78, 5) is 4.72. The lowest BCUT2D eigenvalue weighted by atomic mass is 9.99. The Kier molecular flexibility index (Phi) is 6.32. The molecule has 1 heterocycles. The normalized spacial score (nSPS) is 27.6. The maximum Gasteiger partial charge on any atom is 0.00940 e. The molecular weight excluding hydrogens is 198 g/mol. The molecule has 3 heteroatoms. The van der Waals surface area contributed by atoms with E-state index in [-0.39, 0.29) is 0 Å². The number of piperidine rings is 1. The topological polar surface area (TPSA) is 18.5 Å². The second kappa shape index (κ2) is 7.25. The Morgan fingerprint density at radius 1 is 1.31 bits per heavy atom. The third-order valence-electron chi connectivity index (χ3n) is 3.67. The fourth-order valence-corrected chi connectivity index (χ4v) is 2.33. The van der Waals surface area contributed by atoms with Gasteiger partial charge in [-0.25, -0.2) is 0 Å². The standard InChI is InChI=1S/C13H29N3/c1-12-11-13(7-10-16(12)4)14-8-5-6-9-15(2)3/h12-14H,5-11H2,1-4H3. The summed E-state index contributed by atoms with van der Waals surface area (Å²) in [6.45, 7) is 5.98. The van der Waals surface area contributed by atoms with Gasteiger partial charge >= 0.3 is 0 Å². The van der Waals surface area contributed by atoms with Crippen molar-refractivity contribution >= 4 is 0 Å². The molecule has 0 saturated carbocycles. The second-order valence-electron chi connectivity index (χ2n) is 5.52. The van der Waals surface area contributed by atoms with E-state index < -0.39 is 0 Å². The highest BCUT2D eigenvalue weighted by molar-refractivity contribution is 4.80. The van der Waals surface area contributed by atoms with Crippen molar-refractivity contribution in [2.75, 3.05) is 40.8 Å². The van der Waals surface area contributed by atoms with Crippen LogP contribution in [-0.4, -0.2) is 62.7 Å². The molecule has 2 atom stereocenters. The van der Waals surface area contributed by atoms with Gasteiger partial charge in [-0.3, -0.25) is 0 Å². The summed E-state index contributed by atoms with van der Waals surface area (Å²) < 4.78 is 0. The highest BCUT2D eigenvalue weighted by Gasteiger charge is 2.21. The molecule has 1 aliphatic heterocycles. The van der Waals surface area contributed by atoms with E-state index in [9.17, 15) is 0 Å². The monoisotopic (exact) mass is 227 g/mol. The molecule has 2 unspecified atom stereocenters. The molecule has 0 radical (unpaired) electrons. The van der Waals surface area contributed by atoms with Gasteiger partial charge in [0.2, 0.25) is 0 Å². The summed E-state index contributed by atoms with van der Waals surface area (Å²) in [5.41, 5.74) is 0. The van der Waals surface area contributed by atoms with Crippen molar-refractivity contribution in [1.29, 1.82) is 0 Å². The smallest absolute Gasteiger partial charge is 0.00940 e. The van der Waals surface area contributed by atoms with Crippen molar-refractivity contribution in [3.05, 3.63) is 0 Å². The van der Waals surface area contributed by atoms with Crippen LogP contribution in [0.25, 0.3) is 0 Å². The Morgan fingerprint density at radius 3 is 2.69 bits per heavy atom. The molecule has 0 aromatic rings. The van der Waals surface area contributed by atoms with Crippen LogP contribution in [-0.2, 0) is 0 Å². The predicted octanol–water partition coefficient (Wildman–Crippen LogP) is 1.40. The van der Waals surface area contributed by atoms with E-state index in [2.05, 4.69) is 43.2 Å². The fourth-order valence-electron chi connectivity index (χ4n) is 2.33. The molecule has 1 N–H and O–H groups in total. The SMILES string of the molecule is CC1CC(NCCCCN(C)C)CCN1C. The summed E-state index contributed by atoms with van der Waals surface area (Å²) >= 11 is 0. The zero-order valence-electron chi connectivity index (χ0n) is 11.5. The number of unbranched alkanes of at least 4 members (excludes halogenated alkanes) is 1. The van der Waals surface area contributed by atoms with E-state index in [1.54, 1.807) is 0 Å². The van der Waals surface area contributed by atoms with Crippen LogP contribution in [0.5, 0.6) is 0 Å². The highest BCUT2D eigenvalue weighted by Crippen LogP contribution is 2.15. The van der Waals surface area contributed by atoms with Crippen molar-refractivity contribution in [2.24, 2.45) is 0 Å². The van der Waals surface area contributed by atoms with Crippen LogP contribution in [0.4, 0.5) is 0 Å². The second-order valence-corrected chi connectivity index (χ2v) is 5.52. The number of nitrogens with one attached hydrogen (secondary N) is 1. The fraction of sp³-hybridized carbons (Fsp3) is 1.00. The molecule has 0 aromatic carbocycles. The van der Waals surface area contributed by atoms with E-state index in [0.717, 1.165) is 12.1 Å². The van der Waals surface area contributed by atoms with E-state index in [0.29, 0.717) is 0 Å². The first-order valence-electron chi connectivity index (χ1n) is 6.68. The Balaban J connectivity index is 2.01. The van der Waals surface area contributed by atoms with Crippen LogP contribution in [0.1, 0.15) is 32.6 Å². The van der Waals surface area contributed by atoms with E-state index in [1.807, 2.05) is 0 Å². The zero-order chi connectivity index (χ0) is 12.0. The van der Waals surface area contributed by atoms with Crippen molar-refractivity contribution < 1.29 is 0 Å². The molecule has 1 fully saturated rings. The summed E-state index contributed by atoms with van der Waals surface area (Å²) in [5.74, 6) is 0. The molecule has 16 heavy (non-hydrogen) atoms. The largest absolute Gasteiger partial charge is 0.314 e. The van der Waals surface area contributed by atoms with Crippen LogP contribution in [0.2, 0.25) is 0 Å². The Morgan fingerprint density at radius 2 is 2.06 bits per heavy atom. The number of hydrogen-bond donors (Lipinski definition) is 1. The van der Waals surface area contributed by atoms with Gasteiger partial charge in [-0.1, -0.05) is 0 Å². The van der Waals surface area contributed by atoms with E-state index in [1.165, 1.54) is 45.3 Å². The quantitative estimate of drug-likeness (QED) is 0.692. The van der Waals surface area contributed by atoms with Crippen LogP contribution in [0, 0.1) is 0 Å². The first-order chi connectivity index (χ1) is 7.59. The maximum atomic E-state index is 3.70. The summed E-state index contributed by atoms with van der Waals surface area (Å²) in [6.07, 6.45) is 5.24. The molecule has 1 saturated heterocycles. The molecule has 96 valence electrons. The molecule has 1 aliphatic rings. The average molecular weight is 227 g/mol. The summed E-state index contributed by atoms with van der Waals surface area (Å²) in [6, 6.07) is 1.50. The predicted molar refractivity (Wildman–Crippen MR) is 70.9 cm³/mol. The Hall–Kier alpha value is -0.120. The van der Waals surface area contributed by atoms with Crippen molar-refractivity contribution in [3.8, 4) is 0 Å². The summed E-state index contributed by atoms with van der Waals surface area (Å²) in [7, 11) is 6.52. The highest BCUT2D eigenvalue weighted by atomic mass is 15.1. The average Bonchev–Trinajstić information content (AvgIpc) is 2.22. The molecule has 1 rings (SSSR count). The third kappa shape index (κ3) is 5.28. The third-order valence-corrected chi connectivity index (χ3v) is 3.67. The lowest BCUT2D eigenvalue weighted by Gasteiger charge is -2.35. The van der Waals surface area contributed by atoms with E-state index >= 15 is 0 Å². The Bertz CT molecular complexity index is 182. The molecule has 0 aliphatic carbocycles.